The number of aromatic hydroxyl groups is 1. The van der Waals surface area contributed by atoms with Gasteiger partial charge >= 0.3 is 6.08 Å². The van der Waals surface area contributed by atoms with E-state index in [4.69, 9.17) is 9.52 Å². The van der Waals surface area contributed by atoms with Crippen LogP contribution in [0.25, 0.3) is 0 Å². The molecule has 5 heteroatoms. The lowest BCUT2D eigenvalue weighted by Crippen LogP contribution is -1.99. The van der Waals surface area contributed by atoms with E-state index in [1.165, 1.54) is 0 Å². The smallest absolute Gasteiger partial charge is 0.412 e. The molecule has 0 aliphatic heterocycles. The predicted octanol–water partition coefficient (Wildman–Crippen LogP) is 0.321. The van der Waals surface area contributed by atoms with Gasteiger partial charge in [-0.25, -0.2) is 0 Å². The average molecular weight is 140 g/mol. The molecule has 0 saturated heterocycles. The third-order valence-corrected chi connectivity index (χ3v) is 1.46. The van der Waals surface area contributed by atoms with Gasteiger partial charge in [0.05, 0.1) is 0 Å². The molecule has 1 unspecified atom stereocenters. The SMILES string of the molecule is CBC(C)c1nnc(O)o1. The van der Waals surface area contributed by atoms with Crippen LogP contribution in [0.5, 0.6) is 6.08 Å². The molecule has 1 aromatic rings. The minimum Gasteiger partial charge on any atom is -0.465 e. The number of rotatable bonds is 2. The van der Waals surface area contributed by atoms with Crippen molar-refractivity contribution >= 4 is 7.28 Å². The van der Waals surface area contributed by atoms with Crippen molar-refractivity contribution in [1.82, 2.24) is 10.2 Å². The fourth-order valence-electron chi connectivity index (χ4n) is 0.600. The lowest BCUT2D eigenvalue weighted by molar-refractivity contribution is 0.303. The van der Waals surface area contributed by atoms with Crippen LogP contribution in [-0.4, -0.2) is 22.6 Å². The van der Waals surface area contributed by atoms with Crippen molar-refractivity contribution in [3.63, 3.8) is 0 Å². The van der Waals surface area contributed by atoms with Crippen molar-refractivity contribution in [2.24, 2.45) is 0 Å². The summed E-state index contributed by atoms with van der Waals surface area (Å²) >= 11 is 0. The molecule has 0 saturated carbocycles. The van der Waals surface area contributed by atoms with Gasteiger partial charge in [0, 0.05) is 5.82 Å². The van der Waals surface area contributed by atoms with Crippen molar-refractivity contribution in [3.8, 4) is 6.08 Å². The zero-order valence-corrected chi connectivity index (χ0v) is 6.03. The van der Waals surface area contributed by atoms with Gasteiger partial charge in [0.2, 0.25) is 5.89 Å². The summed E-state index contributed by atoms with van der Waals surface area (Å²) in [7, 11) is 0.932. The Morgan fingerprint density at radius 3 is 2.70 bits per heavy atom. The summed E-state index contributed by atoms with van der Waals surface area (Å²) in [4.78, 5) is 0. The van der Waals surface area contributed by atoms with Crippen LogP contribution in [0.15, 0.2) is 4.42 Å². The first-order valence-corrected chi connectivity index (χ1v) is 3.26. The third-order valence-electron chi connectivity index (χ3n) is 1.46. The van der Waals surface area contributed by atoms with Crippen molar-refractivity contribution < 1.29 is 9.52 Å². The van der Waals surface area contributed by atoms with Gasteiger partial charge in [-0.2, -0.15) is 0 Å². The molecule has 10 heavy (non-hydrogen) atoms. The molecule has 1 N–H and O–H groups in total. The van der Waals surface area contributed by atoms with E-state index in [0.717, 1.165) is 7.28 Å². The first kappa shape index (κ1) is 7.12. The van der Waals surface area contributed by atoms with E-state index in [2.05, 4.69) is 10.2 Å². The highest BCUT2D eigenvalue weighted by Crippen LogP contribution is 2.14. The van der Waals surface area contributed by atoms with Gasteiger partial charge in [0.15, 0.2) is 0 Å². The molecule has 0 aliphatic rings. The Morgan fingerprint density at radius 1 is 1.60 bits per heavy atom. The molecule has 1 atom stereocenters. The number of hydrogen-bond acceptors (Lipinski definition) is 4. The number of hydrogen-bond donors (Lipinski definition) is 1. The third kappa shape index (κ3) is 1.29. The predicted molar refractivity (Wildman–Crippen MR) is 37.4 cm³/mol. The minimum absolute atomic E-state index is 0.230. The van der Waals surface area contributed by atoms with Crippen LogP contribution >= 0.6 is 0 Å². The molecule has 0 aliphatic carbocycles. The zero-order chi connectivity index (χ0) is 7.56. The highest BCUT2D eigenvalue weighted by Gasteiger charge is 2.11. The Hall–Kier alpha value is -0.995. The summed E-state index contributed by atoms with van der Waals surface area (Å²) in [5, 5.41) is 15.6. The maximum absolute atomic E-state index is 8.66. The Bertz CT molecular complexity index is 213. The fourth-order valence-corrected chi connectivity index (χ4v) is 0.600. The van der Waals surface area contributed by atoms with Gasteiger partial charge in [0.25, 0.3) is 0 Å². The maximum atomic E-state index is 8.66. The normalized spacial score (nSPS) is 13.0. The molecule has 54 valence electrons. The van der Waals surface area contributed by atoms with E-state index in [1.54, 1.807) is 0 Å². The van der Waals surface area contributed by atoms with Crippen LogP contribution < -0.4 is 0 Å². The fraction of sp³-hybridized carbons (Fsp3) is 0.600. The average Bonchev–Trinajstić information content (AvgIpc) is 2.34. The monoisotopic (exact) mass is 140 g/mol. The van der Waals surface area contributed by atoms with Crippen LogP contribution in [0.3, 0.4) is 0 Å². The molecule has 4 nitrogen and oxygen atoms in total. The van der Waals surface area contributed by atoms with Crippen molar-refractivity contribution in [3.05, 3.63) is 5.89 Å². The number of nitrogens with zero attached hydrogens (tertiary/aromatic N) is 2. The van der Waals surface area contributed by atoms with Crippen molar-refractivity contribution in [2.45, 2.75) is 19.6 Å². The summed E-state index contributed by atoms with van der Waals surface area (Å²) in [6.45, 7) is 3.98. The second-order valence-electron chi connectivity index (χ2n) is 2.23. The Morgan fingerprint density at radius 2 is 2.30 bits per heavy atom. The second kappa shape index (κ2) is 2.73. The first-order valence-electron chi connectivity index (χ1n) is 3.26. The topological polar surface area (TPSA) is 59.2 Å². The Balaban J connectivity index is 2.74. The van der Waals surface area contributed by atoms with Gasteiger partial charge in [-0.05, 0) is 0 Å². The van der Waals surface area contributed by atoms with Crippen LogP contribution in [-0.2, 0) is 0 Å². The van der Waals surface area contributed by atoms with Crippen LogP contribution in [0.1, 0.15) is 18.6 Å². The number of aromatic nitrogens is 2. The van der Waals surface area contributed by atoms with Crippen LogP contribution in [0.2, 0.25) is 6.82 Å². The zero-order valence-electron chi connectivity index (χ0n) is 6.03. The highest BCUT2D eigenvalue weighted by atomic mass is 16.5. The molecule has 1 rings (SSSR count). The maximum Gasteiger partial charge on any atom is 0.412 e. The first-order chi connectivity index (χ1) is 4.74. The van der Waals surface area contributed by atoms with Crippen LogP contribution in [0.4, 0.5) is 0 Å². The molecule has 0 bridgehead atoms. The van der Waals surface area contributed by atoms with Crippen molar-refractivity contribution in [2.75, 3.05) is 0 Å². The molecule has 1 aromatic heterocycles. The molecule has 0 fully saturated rings. The van der Waals surface area contributed by atoms with E-state index in [1.807, 2.05) is 13.7 Å². The summed E-state index contributed by atoms with van der Waals surface area (Å²) in [5.74, 6) is 0.730. The molecule has 0 spiro atoms. The van der Waals surface area contributed by atoms with E-state index in [-0.39, 0.29) is 11.9 Å². The molecule has 1 heterocycles. The summed E-state index contributed by atoms with van der Waals surface area (Å²) < 4.78 is 4.77. The summed E-state index contributed by atoms with van der Waals surface area (Å²) in [6, 6.07) is 0. The van der Waals surface area contributed by atoms with E-state index in [9.17, 15) is 0 Å². The van der Waals surface area contributed by atoms with E-state index >= 15 is 0 Å². The second-order valence-corrected chi connectivity index (χ2v) is 2.23. The summed E-state index contributed by atoms with van der Waals surface area (Å²) in [5.41, 5.74) is 0. The van der Waals surface area contributed by atoms with Gasteiger partial charge in [-0.3, -0.25) is 0 Å². The van der Waals surface area contributed by atoms with E-state index < -0.39 is 0 Å². The molecule has 0 radical (unpaired) electrons. The van der Waals surface area contributed by atoms with Crippen LogP contribution in [0, 0.1) is 0 Å². The lowest BCUT2D eigenvalue weighted by atomic mass is 9.68. The molecular weight excluding hydrogens is 131 g/mol. The molecule has 0 amide bonds. The lowest BCUT2D eigenvalue weighted by Gasteiger charge is -1.96. The largest absolute Gasteiger partial charge is 0.465 e. The standard InChI is InChI=1S/C5H9BN2O2/c1-3(6-2)4-7-8-5(9)10-4/h3,6H,1-2H3,(H,8,9). The summed E-state index contributed by atoms with van der Waals surface area (Å²) in [6.07, 6.45) is -0.352. The molecular formula is C5H9BN2O2. The van der Waals surface area contributed by atoms with Gasteiger partial charge in [0.1, 0.15) is 7.28 Å². The highest BCUT2D eigenvalue weighted by molar-refractivity contribution is 6.35. The Labute approximate surface area is 59.5 Å². The van der Waals surface area contributed by atoms with E-state index in [0.29, 0.717) is 5.89 Å². The van der Waals surface area contributed by atoms with Gasteiger partial charge in [-0.15, -0.1) is 5.10 Å². The van der Waals surface area contributed by atoms with Crippen molar-refractivity contribution in [1.29, 1.82) is 0 Å². The quantitative estimate of drug-likeness (QED) is 0.601. The Kier molecular flexibility index (Phi) is 1.94. The molecule has 0 aromatic carbocycles. The minimum atomic E-state index is -0.352. The van der Waals surface area contributed by atoms with Gasteiger partial charge in [-0.1, -0.05) is 18.8 Å². The van der Waals surface area contributed by atoms with Gasteiger partial charge < -0.3 is 9.52 Å².